The number of benzene rings is 1. The summed E-state index contributed by atoms with van der Waals surface area (Å²) in [5.41, 5.74) is 2.59. The van der Waals surface area contributed by atoms with Crippen molar-refractivity contribution in [2.75, 3.05) is 39.9 Å². The van der Waals surface area contributed by atoms with E-state index in [1.54, 1.807) is 32.1 Å². The molecule has 1 N–H and O–H groups in total. The molecule has 1 aliphatic heterocycles. The fourth-order valence-corrected chi connectivity index (χ4v) is 3.98. The first kappa shape index (κ1) is 23.5. The summed E-state index contributed by atoms with van der Waals surface area (Å²) in [6, 6.07) is 10.7. The third-order valence-corrected chi connectivity index (χ3v) is 5.82. The van der Waals surface area contributed by atoms with E-state index in [2.05, 4.69) is 19.8 Å². The van der Waals surface area contributed by atoms with Crippen LogP contribution in [0.15, 0.2) is 42.6 Å². The van der Waals surface area contributed by atoms with Gasteiger partial charge in [0.05, 0.1) is 20.3 Å². The second-order valence-electron chi connectivity index (χ2n) is 8.09. The number of imidazole rings is 1. The molecule has 0 aliphatic carbocycles. The normalized spacial score (nSPS) is 15.2. The Labute approximate surface area is 198 Å². The summed E-state index contributed by atoms with van der Waals surface area (Å²) < 4.78 is 12.3. The number of carbonyl (C=O) groups excluding carboxylic acids is 2. The van der Waals surface area contributed by atoms with Gasteiger partial charge in [-0.05, 0) is 50.2 Å². The minimum atomic E-state index is -0.678. The van der Waals surface area contributed by atoms with Gasteiger partial charge in [-0.25, -0.2) is 19.6 Å². The van der Waals surface area contributed by atoms with Crippen molar-refractivity contribution < 1.29 is 19.1 Å². The van der Waals surface area contributed by atoms with Crippen LogP contribution in [0.1, 0.15) is 19.7 Å². The van der Waals surface area contributed by atoms with Crippen LogP contribution < -0.4 is 10.1 Å². The lowest BCUT2D eigenvalue weighted by Crippen LogP contribution is -2.54. The molecule has 0 bridgehead atoms. The number of methoxy groups -OCH3 is 1. The lowest BCUT2D eigenvalue weighted by molar-refractivity contribution is -0.144. The molecule has 0 unspecified atom stereocenters. The van der Waals surface area contributed by atoms with E-state index >= 15 is 0 Å². The highest BCUT2D eigenvalue weighted by Crippen LogP contribution is 2.23. The Morgan fingerprint density at radius 3 is 2.53 bits per heavy atom. The van der Waals surface area contributed by atoms with Crippen molar-refractivity contribution in [3.05, 3.63) is 48.4 Å². The number of aromatic nitrogens is 3. The van der Waals surface area contributed by atoms with E-state index in [9.17, 15) is 9.59 Å². The predicted octanol–water partition coefficient (Wildman–Crippen LogP) is 2.21. The third kappa shape index (κ3) is 5.12. The molecule has 34 heavy (non-hydrogen) atoms. The number of rotatable bonds is 7. The topological polar surface area (TPSA) is 102 Å². The maximum Gasteiger partial charge on any atom is 0.328 e. The number of hydrogen-bond donors (Lipinski definition) is 1. The van der Waals surface area contributed by atoms with Gasteiger partial charge in [0.1, 0.15) is 23.1 Å². The number of fused-ring (bicyclic) bond motifs is 1. The van der Waals surface area contributed by atoms with Crippen molar-refractivity contribution in [1.29, 1.82) is 0 Å². The first-order valence-electron chi connectivity index (χ1n) is 11.4. The minimum absolute atomic E-state index is 0.255. The summed E-state index contributed by atoms with van der Waals surface area (Å²) in [4.78, 5) is 37.7. The first-order chi connectivity index (χ1) is 16.5. The Morgan fingerprint density at radius 2 is 1.85 bits per heavy atom. The fraction of sp³-hybridized carbons (Fsp3) is 0.417. The number of nitrogens with one attached hydrogen (secondary N) is 1. The molecule has 10 heteroatoms. The van der Waals surface area contributed by atoms with Crippen LogP contribution >= 0.6 is 0 Å². The average molecular weight is 467 g/mol. The van der Waals surface area contributed by atoms with Crippen molar-refractivity contribution in [3.63, 3.8) is 0 Å². The Hall–Kier alpha value is -3.66. The van der Waals surface area contributed by atoms with Crippen LogP contribution in [-0.2, 0) is 16.1 Å². The standard InChI is InChI=1S/C24H30N6O4/c1-4-34-23(31)17(2)26-24(32)29-14-12-28(13-15-29)16-21-27-20-6-5-11-25-22(20)30(21)18-7-9-19(33-3)10-8-18/h5-11,17H,4,12-16H2,1-3H3,(H,26,32)/t17-/m1/s1. The molecule has 10 nitrogen and oxygen atoms in total. The highest BCUT2D eigenvalue weighted by atomic mass is 16.5. The highest BCUT2D eigenvalue weighted by Gasteiger charge is 2.25. The lowest BCUT2D eigenvalue weighted by atomic mass is 10.3. The van der Waals surface area contributed by atoms with Crippen LogP contribution in [-0.4, -0.2) is 82.3 Å². The number of ether oxygens (including phenoxy) is 2. The van der Waals surface area contributed by atoms with Crippen LogP contribution in [0.3, 0.4) is 0 Å². The molecule has 3 aromatic rings. The van der Waals surface area contributed by atoms with Gasteiger partial charge in [-0.3, -0.25) is 9.47 Å². The number of urea groups is 1. The fourth-order valence-electron chi connectivity index (χ4n) is 3.98. The molecule has 1 fully saturated rings. The maximum atomic E-state index is 12.5. The van der Waals surface area contributed by atoms with Gasteiger partial charge < -0.3 is 19.7 Å². The van der Waals surface area contributed by atoms with E-state index in [0.717, 1.165) is 28.4 Å². The van der Waals surface area contributed by atoms with Crippen LogP contribution in [0.2, 0.25) is 0 Å². The molecule has 4 rings (SSSR count). The molecule has 1 saturated heterocycles. The van der Waals surface area contributed by atoms with Gasteiger partial charge in [0, 0.05) is 38.1 Å². The van der Waals surface area contributed by atoms with Gasteiger partial charge in [-0.1, -0.05) is 0 Å². The Morgan fingerprint density at radius 1 is 1.12 bits per heavy atom. The zero-order valence-electron chi connectivity index (χ0n) is 19.7. The van der Waals surface area contributed by atoms with E-state index in [0.29, 0.717) is 32.7 Å². The number of carbonyl (C=O) groups is 2. The Balaban J connectivity index is 1.44. The van der Waals surface area contributed by atoms with Crippen molar-refractivity contribution in [1.82, 2.24) is 29.7 Å². The first-order valence-corrected chi connectivity index (χ1v) is 11.4. The molecular formula is C24H30N6O4. The van der Waals surface area contributed by atoms with Crippen LogP contribution in [0, 0.1) is 0 Å². The zero-order valence-corrected chi connectivity index (χ0v) is 19.7. The number of hydrogen-bond acceptors (Lipinski definition) is 7. The molecule has 2 amide bonds. The smallest absolute Gasteiger partial charge is 0.328 e. The second kappa shape index (κ2) is 10.5. The molecule has 0 saturated carbocycles. The van der Waals surface area contributed by atoms with Gasteiger partial charge in [-0.2, -0.15) is 0 Å². The number of amides is 2. The largest absolute Gasteiger partial charge is 0.497 e. The van der Waals surface area contributed by atoms with E-state index in [1.165, 1.54) is 0 Å². The van der Waals surface area contributed by atoms with E-state index in [1.807, 2.05) is 36.4 Å². The summed E-state index contributed by atoms with van der Waals surface area (Å²) in [6.45, 7) is 6.78. The van der Waals surface area contributed by atoms with Crippen molar-refractivity contribution in [2.24, 2.45) is 0 Å². The number of esters is 1. The molecular weight excluding hydrogens is 436 g/mol. The molecule has 1 aromatic carbocycles. The molecule has 2 aromatic heterocycles. The minimum Gasteiger partial charge on any atom is -0.497 e. The Bertz CT molecular complexity index is 1140. The van der Waals surface area contributed by atoms with Gasteiger partial charge in [0.15, 0.2) is 5.65 Å². The summed E-state index contributed by atoms with van der Waals surface area (Å²) >= 11 is 0. The van der Waals surface area contributed by atoms with E-state index in [4.69, 9.17) is 14.5 Å². The van der Waals surface area contributed by atoms with Crippen molar-refractivity contribution >= 4 is 23.2 Å². The molecule has 1 aliphatic rings. The number of pyridine rings is 1. The highest BCUT2D eigenvalue weighted by molar-refractivity contribution is 5.83. The number of piperazine rings is 1. The van der Waals surface area contributed by atoms with E-state index < -0.39 is 12.0 Å². The monoisotopic (exact) mass is 466 g/mol. The SMILES string of the molecule is CCOC(=O)[C@@H](C)NC(=O)N1CCN(Cc2nc3cccnc3n2-c2ccc(OC)cc2)CC1. The molecule has 0 spiro atoms. The zero-order chi connectivity index (χ0) is 24.1. The van der Waals surface area contributed by atoms with Gasteiger partial charge in [0.2, 0.25) is 0 Å². The van der Waals surface area contributed by atoms with Crippen LogP contribution in [0.4, 0.5) is 4.79 Å². The van der Waals surface area contributed by atoms with Crippen molar-refractivity contribution in [3.8, 4) is 11.4 Å². The van der Waals surface area contributed by atoms with Crippen molar-refractivity contribution in [2.45, 2.75) is 26.4 Å². The molecule has 180 valence electrons. The quantitative estimate of drug-likeness (QED) is 0.533. The summed E-state index contributed by atoms with van der Waals surface area (Å²) in [6.07, 6.45) is 1.77. The average Bonchev–Trinajstić information content (AvgIpc) is 3.22. The maximum absolute atomic E-state index is 12.5. The van der Waals surface area contributed by atoms with E-state index in [-0.39, 0.29) is 12.6 Å². The Kier molecular flexibility index (Phi) is 7.27. The molecule has 1 atom stereocenters. The lowest BCUT2D eigenvalue weighted by Gasteiger charge is -2.35. The van der Waals surface area contributed by atoms with Gasteiger partial charge >= 0.3 is 12.0 Å². The van der Waals surface area contributed by atoms with Crippen LogP contribution in [0.25, 0.3) is 16.9 Å². The molecule has 3 heterocycles. The second-order valence-corrected chi connectivity index (χ2v) is 8.09. The molecule has 0 radical (unpaired) electrons. The summed E-state index contributed by atoms with van der Waals surface area (Å²) in [5, 5.41) is 2.72. The summed E-state index contributed by atoms with van der Waals surface area (Å²) in [5.74, 6) is 1.24. The van der Waals surface area contributed by atoms with Gasteiger partial charge in [-0.15, -0.1) is 0 Å². The predicted molar refractivity (Wildman–Crippen MR) is 127 cm³/mol. The third-order valence-electron chi connectivity index (χ3n) is 5.82. The number of nitrogens with zero attached hydrogens (tertiary/aromatic N) is 5. The summed E-state index contributed by atoms with van der Waals surface area (Å²) in [7, 11) is 1.64. The van der Waals surface area contributed by atoms with Gasteiger partial charge in [0.25, 0.3) is 0 Å². The van der Waals surface area contributed by atoms with Crippen LogP contribution in [0.5, 0.6) is 5.75 Å².